The summed E-state index contributed by atoms with van der Waals surface area (Å²) in [5, 5.41) is 0. The van der Waals surface area contributed by atoms with Gasteiger partial charge in [0.15, 0.2) is 0 Å². The van der Waals surface area contributed by atoms with E-state index < -0.39 is 0 Å². The highest BCUT2D eigenvalue weighted by Gasteiger charge is 2.17. The fourth-order valence-electron chi connectivity index (χ4n) is 2.30. The molecule has 0 aliphatic heterocycles. The van der Waals surface area contributed by atoms with Crippen molar-refractivity contribution in [2.45, 2.75) is 85.5 Å². The summed E-state index contributed by atoms with van der Waals surface area (Å²) in [6.45, 7) is 4.53. The smallest absolute Gasteiger partial charge is 0.0715 e. The van der Waals surface area contributed by atoms with Gasteiger partial charge in [0.05, 0.1) is 7.47 Å². The van der Waals surface area contributed by atoms with E-state index in [4.69, 9.17) is 0 Å². The van der Waals surface area contributed by atoms with Gasteiger partial charge in [-0.05, 0) is 36.8 Å². The Morgan fingerprint density at radius 2 is 0.950 bits per heavy atom. The molecule has 0 nitrogen and oxygen atoms in total. The minimum atomic E-state index is 0.301. The molecule has 0 spiro atoms. The van der Waals surface area contributed by atoms with Crippen molar-refractivity contribution in [3.8, 4) is 0 Å². The van der Waals surface area contributed by atoms with Gasteiger partial charge in [0.2, 0.25) is 0 Å². The van der Waals surface area contributed by atoms with Crippen LogP contribution in [0.4, 0.5) is 0 Å². The van der Waals surface area contributed by atoms with Crippen LogP contribution in [0.2, 0.25) is 0 Å². The molecule has 0 unspecified atom stereocenters. The molecule has 0 fully saturated rings. The van der Waals surface area contributed by atoms with Gasteiger partial charge in [-0.2, -0.15) is 0 Å². The molecule has 0 aromatic carbocycles. The molecule has 0 saturated carbocycles. The van der Waals surface area contributed by atoms with Gasteiger partial charge in [0.1, 0.15) is 0 Å². The van der Waals surface area contributed by atoms with Gasteiger partial charge in [-0.1, -0.05) is 116 Å². The third kappa shape index (κ3) is 10.4. The van der Waals surface area contributed by atoms with E-state index in [1.807, 2.05) is 0 Å². The van der Waals surface area contributed by atoms with Crippen LogP contribution in [-0.2, 0) is 0 Å². The van der Waals surface area contributed by atoms with Gasteiger partial charge in [0.25, 0.3) is 0 Å². The summed E-state index contributed by atoms with van der Waals surface area (Å²) < 4.78 is 0.603. The molecule has 20 heavy (non-hydrogen) atoms. The van der Waals surface area contributed by atoms with E-state index in [2.05, 4.69) is 77.6 Å². The standard InChI is InChI=1S/C16H28Br4/c1-3-5-7-9-11-13(15(17)18)14(16(19)20)12-10-8-6-4-2/h15-16H,3-12H2,1-2H3/b14-13+. The maximum absolute atomic E-state index is 3.72. The Hall–Kier alpha value is 1.66. The number of halogens is 4. The second kappa shape index (κ2) is 14.3. The minimum Gasteiger partial charge on any atom is -0.0715 e. The quantitative estimate of drug-likeness (QED) is 0.133. The summed E-state index contributed by atoms with van der Waals surface area (Å²) in [5.41, 5.74) is 3.05. The maximum atomic E-state index is 3.72. The first-order valence-corrected chi connectivity index (χ1v) is 11.5. The van der Waals surface area contributed by atoms with Crippen molar-refractivity contribution in [2.75, 3.05) is 0 Å². The molecule has 120 valence electrons. The Morgan fingerprint density at radius 3 is 1.20 bits per heavy atom. The monoisotopic (exact) mass is 536 g/mol. The van der Waals surface area contributed by atoms with Crippen molar-refractivity contribution in [1.29, 1.82) is 0 Å². The lowest BCUT2D eigenvalue weighted by Gasteiger charge is -2.18. The normalized spacial score (nSPS) is 13.2. The zero-order valence-electron chi connectivity index (χ0n) is 12.7. The molecule has 0 heterocycles. The van der Waals surface area contributed by atoms with Gasteiger partial charge >= 0.3 is 0 Å². The highest BCUT2D eigenvalue weighted by molar-refractivity contribution is 9.25. The number of hydrogen-bond acceptors (Lipinski definition) is 0. The molecule has 0 N–H and O–H groups in total. The first-order chi connectivity index (χ1) is 9.54. The molecular weight excluding hydrogens is 512 g/mol. The molecule has 0 aliphatic carbocycles. The second-order valence-electron chi connectivity index (χ2n) is 5.27. The average molecular weight is 540 g/mol. The third-order valence-electron chi connectivity index (χ3n) is 3.54. The first kappa shape index (κ1) is 21.7. The van der Waals surface area contributed by atoms with Crippen LogP contribution in [0, 0.1) is 0 Å². The summed E-state index contributed by atoms with van der Waals surface area (Å²) in [6.07, 6.45) is 12.9. The minimum absolute atomic E-state index is 0.301. The summed E-state index contributed by atoms with van der Waals surface area (Å²) in [6, 6.07) is 0. The summed E-state index contributed by atoms with van der Waals surface area (Å²) >= 11 is 14.9. The largest absolute Gasteiger partial charge is 0.0909 e. The molecule has 4 heteroatoms. The van der Waals surface area contributed by atoms with Crippen LogP contribution in [-0.4, -0.2) is 7.47 Å². The van der Waals surface area contributed by atoms with Crippen molar-refractivity contribution < 1.29 is 0 Å². The predicted molar refractivity (Wildman–Crippen MR) is 108 cm³/mol. The lowest BCUT2D eigenvalue weighted by molar-refractivity contribution is 0.646. The second-order valence-corrected chi connectivity index (χ2v) is 11.4. The SMILES string of the molecule is CCCCCC/C(=C(/CCCCCC)C(Br)Br)C(Br)Br. The highest BCUT2D eigenvalue weighted by atomic mass is 79.9. The molecular formula is C16H28Br4. The van der Waals surface area contributed by atoms with Crippen LogP contribution >= 0.6 is 63.7 Å². The van der Waals surface area contributed by atoms with E-state index in [9.17, 15) is 0 Å². The van der Waals surface area contributed by atoms with Gasteiger partial charge in [0, 0.05) is 0 Å². The molecule has 0 atom stereocenters. The molecule has 0 bridgehead atoms. The third-order valence-corrected chi connectivity index (χ3v) is 5.75. The van der Waals surface area contributed by atoms with E-state index in [0.717, 1.165) is 0 Å². The van der Waals surface area contributed by atoms with Crippen LogP contribution in [0.25, 0.3) is 0 Å². The van der Waals surface area contributed by atoms with Crippen LogP contribution in [0.5, 0.6) is 0 Å². The van der Waals surface area contributed by atoms with E-state index >= 15 is 0 Å². The van der Waals surface area contributed by atoms with Crippen molar-refractivity contribution in [3.05, 3.63) is 11.1 Å². The molecule has 0 aliphatic rings. The Morgan fingerprint density at radius 1 is 0.600 bits per heavy atom. The summed E-state index contributed by atoms with van der Waals surface area (Å²) in [4.78, 5) is 0. The van der Waals surface area contributed by atoms with Crippen molar-refractivity contribution in [2.24, 2.45) is 0 Å². The van der Waals surface area contributed by atoms with Gasteiger partial charge in [-0.15, -0.1) is 0 Å². The number of alkyl halides is 4. The first-order valence-electron chi connectivity index (χ1n) is 7.82. The summed E-state index contributed by atoms with van der Waals surface area (Å²) in [5.74, 6) is 0. The molecule has 0 aromatic heterocycles. The van der Waals surface area contributed by atoms with E-state index in [1.54, 1.807) is 0 Å². The number of allylic oxidation sites excluding steroid dienone is 2. The van der Waals surface area contributed by atoms with Crippen LogP contribution in [0.1, 0.15) is 78.1 Å². The Kier molecular flexibility index (Phi) is 15.4. The van der Waals surface area contributed by atoms with Gasteiger partial charge < -0.3 is 0 Å². The van der Waals surface area contributed by atoms with Crippen LogP contribution in [0.3, 0.4) is 0 Å². The van der Waals surface area contributed by atoms with E-state index in [1.165, 1.54) is 75.4 Å². The Balaban J connectivity index is 4.58. The van der Waals surface area contributed by atoms with Gasteiger partial charge in [-0.3, -0.25) is 0 Å². The summed E-state index contributed by atoms with van der Waals surface area (Å²) in [7, 11) is 0. The van der Waals surface area contributed by atoms with Gasteiger partial charge in [-0.25, -0.2) is 0 Å². The van der Waals surface area contributed by atoms with Crippen LogP contribution < -0.4 is 0 Å². The lowest BCUT2D eigenvalue weighted by atomic mass is 9.99. The number of hydrogen-bond donors (Lipinski definition) is 0. The average Bonchev–Trinajstić information content (AvgIpc) is 2.39. The van der Waals surface area contributed by atoms with Crippen molar-refractivity contribution in [3.63, 3.8) is 0 Å². The molecule has 0 saturated heterocycles. The molecule has 0 aromatic rings. The highest BCUT2D eigenvalue weighted by Crippen LogP contribution is 2.35. The lowest BCUT2D eigenvalue weighted by Crippen LogP contribution is -2.05. The van der Waals surface area contributed by atoms with Crippen molar-refractivity contribution >= 4 is 63.7 Å². The molecule has 0 amide bonds. The molecule has 0 rings (SSSR count). The number of rotatable bonds is 12. The fraction of sp³-hybridized carbons (Fsp3) is 0.875. The molecule has 0 radical (unpaired) electrons. The maximum Gasteiger partial charge on any atom is 0.0909 e. The van der Waals surface area contributed by atoms with Crippen molar-refractivity contribution in [1.82, 2.24) is 0 Å². The predicted octanol–water partition coefficient (Wildman–Crippen LogP) is 8.46. The van der Waals surface area contributed by atoms with E-state index in [-0.39, 0.29) is 0 Å². The Labute approximate surface area is 159 Å². The number of unbranched alkanes of at least 4 members (excludes halogenated alkanes) is 6. The van der Waals surface area contributed by atoms with Crippen LogP contribution in [0.15, 0.2) is 11.1 Å². The zero-order chi connectivity index (χ0) is 15.4. The zero-order valence-corrected chi connectivity index (χ0v) is 19.1. The van der Waals surface area contributed by atoms with E-state index in [0.29, 0.717) is 7.47 Å². The topological polar surface area (TPSA) is 0 Å². The fourth-order valence-corrected chi connectivity index (χ4v) is 4.40. The Bertz CT molecular complexity index is 233.